The van der Waals surface area contributed by atoms with E-state index in [2.05, 4.69) is 20.9 Å². The van der Waals surface area contributed by atoms with Crippen LogP contribution in [0.1, 0.15) is 28.8 Å². The van der Waals surface area contributed by atoms with E-state index in [9.17, 15) is 22.4 Å². The maximum Gasteiger partial charge on any atom is 0.338 e. The molecular weight excluding hydrogens is 456 g/mol. The van der Waals surface area contributed by atoms with Crippen molar-refractivity contribution in [3.8, 4) is 0 Å². The molecular formula is C20H15BrF4N2O2. The summed E-state index contributed by atoms with van der Waals surface area (Å²) in [6, 6.07) is 4.22. The normalized spacial score (nSPS) is 14.9. The first-order valence-electron chi connectivity index (χ1n) is 8.83. The van der Waals surface area contributed by atoms with Crippen molar-refractivity contribution in [3.63, 3.8) is 0 Å². The summed E-state index contributed by atoms with van der Waals surface area (Å²) in [5, 5.41) is 0. The fraction of sp³-hybridized carbons (Fsp3) is 0.300. The molecule has 1 aliphatic carbocycles. The van der Waals surface area contributed by atoms with E-state index in [1.54, 1.807) is 4.57 Å². The number of hydrogen-bond acceptors (Lipinski definition) is 3. The van der Waals surface area contributed by atoms with Gasteiger partial charge in [0.25, 0.3) is 0 Å². The highest BCUT2D eigenvalue weighted by atomic mass is 79.9. The number of carbonyl (C=O) groups is 1. The Hall–Kier alpha value is -2.42. The van der Waals surface area contributed by atoms with Crippen molar-refractivity contribution in [1.82, 2.24) is 9.55 Å². The minimum Gasteiger partial charge on any atom is -0.457 e. The lowest BCUT2D eigenvalue weighted by molar-refractivity contribution is 0.0468. The average Bonchev–Trinajstić information content (AvgIpc) is 3.36. The predicted molar refractivity (Wildman–Crippen MR) is 101 cm³/mol. The maximum absolute atomic E-state index is 14.4. The number of ether oxygens (including phenoxy) is 1. The van der Waals surface area contributed by atoms with Crippen LogP contribution in [0, 0.1) is 22.9 Å². The molecule has 152 valence electrons. The molecule has 3 aromatic rings. The number of imidazole rings is 1. The van der Waals surface area contributed by atoms with Gasteiger partial charge in [-0.25, -0.2) is 22.9 Å². The quantitative estimate of drug-likeness (QED) is 0.278. The molecule has 0 unspecified atom stereocenters. The molecule has 1 saturated carbocycles. The lowest BCUT2D eigenvalue weighted by Crippen LogP contribution is -2.13. The summed E-state index contributed by atoms with van der Waals surface area (Å²) >= 11 is 2.86. The number of halogens is 5. The van der Waals surface area contributed by atoms with E-state index in [1.807, 2.05) is 0 Å². The first kappa shape index (κ1) is 19.9. The van der Waals surface area contributed by atoms with Gasteiger partial charge in [0.15, 0.2) is 5.82 Å². The number of hydrogen-bond donors (Lipinski definition) is 0. The lowest BCUT2D eigenvalue weighted by atomic mass is 10.1. The summed E-state index contributed by atoms with van der Waals surface area (Å²) in [5.74, 6) is -3.06. The van der Waals surface area contributed by atoms with Crippen molar-refractivity contribution in [1.29, 1.82) is 0 Å². The molecule has 1 fully saturated rings. The molecule has 9 heteroatoms. The molecule has 0 N–H and O–H groups in total. The van der Waals surface area contributed by atoms with E-state index in [-0.39, 0.29) is 21.1 Å². The zero-order valence-corrected chi connectivity index (χ0v) is 16.6. The Morgan fingerprint density at radius 3 is 2.59 bits per heavy atom. The zero-order chi connectivity index (χ0) is 20.8. The SMILES string of the molecule is O=C(OCc1cc(F)c(Br)cc1F)c1cc(F)c2ncn(CC3(CF)CC3)c2c1. The number of benzene rings is 2. The highest BCUT2D eigenvalue weighted by Crippen LogP contribution is 2.47. The van der Waals surface area contributed by atoms with Crippen molar-refractivity contribution in [2.75, 3.05) is 6.67 Å². The van der Waals surface area contributed by atoms with Crippen LogP contribution >= 0.6 is 15.9 Å². The highest BCUT2D eigenvalue weighted by molar-refractivity contribution is 9.10. The second kappa shape index (κ2) is 7.44. The monoisotopic (exact) mass is 470 g/mol. The summed E-state index contributed by atoms with van der Waals surface area (Å²) < 4.78 is 61.7. The topological polar surface area (TPSA) is 44.1 Å². The molecule has 0 aliphatic heterocycles. The third-order valence-corrected chi connectivity index (χ3v) is 5.72. The van der Waals surface area contributed by atoms with Gasteiger partial charge in [-0.1, -0.05) is 0 Å². The van der Waals surface area contributed by atoms with Gasteiger partial charge in [0.05, 0.1) is 28.6 Å². The van der Waals surface area contributed by atoms with E-state index in [1.165, 1.54) is 12.4 Å². The first-order chi connectivity index (χ1) is 13.8. The second-order valence-electron chi connectivity index (χ2n) is 7.27. The van der Waals surface area contributed by atoms with Gasteiger partial charge in [0.2, 0.25) is 0 Å². The van der Waals surface area contributed by atoms with Crippen LogP contribution in [-0.2, 0) is 17.9 Å². The van der Waals surface area contributed by atoms with Crippen molar-refractivity contribution < 1.29 is 27.1 Å². The smallest absolute Gasteiger partial charge is 0.338 e. The Kier molecular flexibility index (Phi) is 5.10. The van der Waals surface area contributed by atoms with Crippen LogP contribution in [0.25, 0.3) is 11.0 Å². The van der Waals surface area contributed by atoms with Crippen LogP contribution in [0.15, 0.2) is 35.1 Å². The van der Waals surface area contributed by atoms with Gasteiger partial charge in [-0.3, -0.25) is 4.39 Å². The zero-order valence-electron chi connectivity index (χ0n) is 15.0. The molecule has 0 atom stereocenters. The molecule has 0 saturated heterocycles. The molecule has 1 aliphatic rings. The van der Waals surface area contributed by atoms with E-state index < -0.39 is 42.1 Å². The molecule has 1 aromatic heterocycles. The summed E-state index contributed by atoms with van der Waals surface area (Å²) in [6.45, 7) is -0.660. The Labute approximate surface area is 171 Å². The largest absolute Gasteiger partial charge is 0.457 e. The third-order valence-electron chi connectivity index (χ3n) is 5.11. The first-order valence-corrected chi connectivity index (χ1v) is 9.62. The summed E-state index contributed by atoms with van der Waals surface area (Å²) in [6.07, 6.45) is 2.89. The average molecular weight is 471 g/mol. The fourth-order valence-corrected chi connectivity index (χ4v) is 3.45. The Morgan fingerprint density at radius 1 is 1.14 bits per heavy atom. The highest BCUT2D eigenvalue weighted by Gasteiger charge is 2.43. The van der Waals surface area contributed by atoms with E-state index in [0.29, 0.717) is 12.1 Å². The van der Waals surface area contributed by atoms with Crippen LogP contribution in [0.2, 0.25) is 0 Å². The van der Waals surface area contributed by atoms with Gasteiger partial charge in [0, 0.05) is 17.5 Å². The van der Waals surface area contributed by atoms with Crippen molar-refractivity contribution in [3.05, 3.63) is 63.6 Å². The molecule has 1 heterocycles. The summed E-state index contributed by atoms with van der Waals surface area (Å²) in [4.78, 5) is 16.4. The van der Waals surface area contributed by atoms with Crippen molar-refractivity contribution >= 4 is 32.9 Å². The van der Waals surface area contributed by atoms with Crippen molar-refractivity contribution in [2.45, 2.75) is 26.0 Å². The maximum atomic E-state index is 14.4. The van der Waals surface area contributed by atoms with Crippen LogP contribution in [0.4, 0.5) is 17.6 Å². The minimum atomic E-state index is -0.895. The Bertz CT molecular complexity index is 1110. The number of aromatic nitrogens is 2. The Balaban J connectivity index is 1.57. The van der Waals surface area contributed by atoms with Gasteiger partial charge in [-0.05, 0) is 53.0 Å². The van der Waals surface area contributed by atoms with Crippen LogP contribution in [0.5, 0.6) is 0 Å². The summed E-state index contributed by atoms with van der Waals surface area (Å²) in [5.41, 5.74) is -0.289. The molecule has 29 heavy (non-hydrogen) atoms. The van der Waals surface area contributed by atoms with Gasteiger partial charge in [-0.2, -0.15) is 0 Å². The number of alkyl halides is 1. The van der Waals surface area contributed by atoms with Crippen molar-refractivity contribution in [2.24, 2.45) is 5.41 Å². The van der Waals surface area contributed by atoms with Gasteiger partial charge >= 0.3 is 5.97 Å². The minimum absolute atomic E-state index is 0.0485. The van der Waals surface area contributed by atoms with Gasteiger partial charge in [-0.15, -0.1) is 0 Å². The van der Waals surface area contributed by atoms with Crippen LogP contribution in [-0.4, -0.2) is 22.2 Å². The van der Waals surface area contributed by atoms with Crippen LogP contribution in [0.3, 0.4) is 0 Å². The molecule has 0 radical (unpaired) electrons. The van der Waals surface area contributed by atoms with E-state index >= 15 is 0 Å². The van der Waals surface area contributed by atoms with E-state index in [4.69, 9.17) is 4.74 Å². The van der Waals surface area contributed by atoms with E-state index in [0.717, 1.165) is 31.0 Å². The molecule has 2 aromatic carbocycles. The van der Waals surface area contributed by atoms with Gasteiger partial charge < -0.3 is 9.30 Å². The number of rotatable bonds is 6. The molecule has 4 nitrogen and oxygen atoms in total. The lowest BCUT2D eigenvalue weighted by Gasteiger charge is -2.12. The standard InChI is InChI=1S/C20H15BrF4N2O2/c21-13-6-14(23)12(4-15(13)24)7-29-19(28)11-3-16(25)18-17(5-11)27(10-26-18)9-20(8-22)1-2-20/h3-6,10H,1-2,7-9H2. The van der Waals surface area contributed by atoms with Gasteiger partial charge in [0.1, 0.15) is 23.8 Å². The molecule has 0 spiro atoms. The number of esters is 1. The number of nitrogens with zero attached hydrogens (tertiary/aromatic N) is 2. The molecule has 0 amide bonds. The third kappa shape index (κ3) is 3.88. The number of carbonyl (C=O) groups excluding carboxylic acids is 1. The predicted octanol–water partition coefficient (Wildman–Crippen LogP) is 5.32. The number of fused-ring (bicyclic) bond motifs is 1. The summed E-state index contributed by atoms with van der Waals surface area (Å²) in [7, 11) is 0. The second-order valence-corrected chi connectivity index (χ2v) is 8.12. The molecule has 0 bridgehead atoms. The molecule has 4 rings (SSSR count). The van der Waals surface area contributed by atoms with Crippen LogP contribution < -0.4 is 0 Å². The fourth-order valence-electron chi connectivity index (χ4n) is 3.14. The Morgan fingerprint density at radius 2 is 1.90 bits per heavy atom.